The van der Waals surface area contributed by atoms with Crippen LogP contribution in [0.25, 0.3) is 11.6 Å². The molecule has 4 heterocycles. The fourth-order valence-corrected chi connectivity index (χ4v) is 3.47. The quantitative estimate of drug-likeness (QED) is 0.702. The van der Waals surface area contributed by atoms with E-state index in [-0.39, 0.29) is 0 Å². The maximum Gasteiger partial charge on any atom is 0.247 e. The van der Waals surface area contributed by atoms with Crippen LogP contribution < -0.4 is 4.74 Å². The van der Waals surface area contributed by atoms with Gasteiger partial charge >= 0.3 is 0 Å². The van der Waals surface area contributed by atoms with Crippen molar-refractivity contribution in [1.29, 1.82) is 0 Å². The Labute approximate surface area is 152 Å². The summed E-state index contributed by atoms with van der Waals surface area (Å²) < 4.78 is 13.1. The van der Waals surface area contributed by atoms with Crippen LogP contribution in [0.1, 0.15) is 29.6 Å². The van der Waals surface area contributed by atoms with E-state index in [4.69, 9.17) is 14.3 Å². The van der Waals surface area contributed by atoms with E-state index in [0.717, 1.165) is 49.7 Å². The highest BCUT2D eigenvalue weighted by atomic mass is 16.5. The smallest absolute Gasteiger partial charge is 0.247 e. The first-order chi connectivity index (χ1) is 12.7. The van der Waals surface area contributed by atoms with Crippen LogP contribution in [0.2, 0.25) is 0 Å². The Hall–Kier alpha value is -2.67. The molecule has 0 aliphatic carbocycles. The van der Waals surface area contributed by atoms with Gasteiger partial charge in [-0.25, -0.2) is 9.97 Å². The number of fused-ring (bicyclic) bond motifs is 1. The van der Waals surface area contributed by atoms with Gasteiger partial charge in [0.15, 0.2) is 5.69 Å². The van der Waals surface area contributed by atoms with Crippen molar-refractivity contribution < 1.29 is 9.15 Å². The fourth-order valence-electron chi connectivity index (χ4n) is 3.47. The van der Waals surface area contributed by atoms with E-state index in [0.29, 0.717) is 11.8 Å². The van der Waals surface area contributed by atoms with Crippen molar-refractivity contribution in [2.45, 2.75) is 39.9 Å². The third-order valence-electron chi connectivity index (χ3n) is 4.71. The number of oxazole rings is 1. The summed E-state index contributed by atoms with van der Waals surface area (Å²) in [4.78, 5) is 11.3. The van der Waals surface area contributed by atoms with Crippen LogP contribution in [0.4, 0.5) is 0 Å². The van der Waals surface area contributed by atoms with Crippen LogP contribution in [-0.2, 0) is 26.1 Å². The van der Waals surface area contributed by atoms with Gasteiger partial charge in [-0.2, -0.15) is 5.10 Å². The standard InChI is InChI=1S/C19H23N5O2/c1-4-24-16-8-9-23(11-14-6-5-7-17(21-14)25-3)12-15(16)18(22-24)19-20-10-13(2)26-19/h5-7,10H,4,8-9,11-12H2,1-3H3. The predicted molar refractivity (Wildman–Crippen MR) is 96.7 cm³/mol. The first kappa shape index (κ1) is 16.8. The Morgan fingerprint density at radius 1 is 1.31 bits per heavy atom. The molecule has 7 heteroatoms. The van der Waals surface area contributed by atoms with E-state index in [1.54, 1.807) is 13.3 Å². The van der Waals surface area contributed by atoms with Gasteiger partial charge in [0.2, 0.25) is 11.8 Å². The van der Waals surface area contributed by atoms with Crippen LogP contribution in [-0.4, -0.2) is 38.3 Å². The lowest BCUT2D eigenvalue weighted by atomic mass is 10.0. The fraction of sp³-hybridized carbons (Fsp3) is 0.421. The SMILES string of the molecule is CCn1nc(-c2ncc(C)o2)c2c1CCN(Cc1cccc(OC)n1)C2. The maximum absolute atomic E-state index is 5.74. The Morgan fingerprint density at radius 3 is 2.92 bits per heavy atom. The van der Waals surface area contributed by atoms with Crippen molar-refractivity contribution in [1.82, 2.24) is 24.6 Å². The summed E-state index contributed by atoms with van der Waals surface area (Å²) in [7, 11) is 1.64. The Bertz CT molecular complexity index is 915. The lowest BCUT2D eigenvalue weighted by Crippen LogP contribution is -2.31. The van der Waals surface area contributed by atoms with Crippen molar-refractivity contribution >= 4 is 0 Å². The number of pyridine rings is 1. The van der Waals surface area contributed by atoms with Gasteiger partial charge in [0.25, 0.3) is 0 Å². The van der Waals surface area contributed by atoms with Gasteiger partial charge in [-0.05, 0) is 19.9 Å². The number of hydrogen-bond donors (Lipinski definition) is 0. The molecule has 1 aliphatic rings. The Morgan fingerprint density at radius 2 is 2.19 bits per heavy atom. The van der Waals surface area contributed by atoms with Crippen molar-refractivity contribution in [2.24, 2.45) is 0 Å². The summed E-state index contributed by atoms with van der Waals surface area (Å²) in [5, 5.41) is 4.76. The number of rotatable bonds is 5. The van der Waals surface area contributed by atoms with Crippen molar-refractivity contribution in [3.05, 3.63) is 47.1 Å². The first-order valence-corrected chi connectivity index (χ1v) is 8.91. The summed E-state index contributed by atoms with van der Waals surface area (Å²) in [6, 6.07) is 5.88. The number of hydrogen-bond acceptors (Lipinski definition) is 6. The average Bonchev–Trinajstić information content (AvgIpc) is 3.24. The highest BCUT2D eigenvalue weighted by Crippen LogP contribution is 2.30. The zero-order valence-electron chi connectivity index (χ0n) is 15.4. The molecule has 7 nitrogen and oxygen atoms in total. The molecule has 0 saturated carbocycles. The molecule has 26 heavy (non-hydrogen) atoms. The second-order valence-electron chi connectivity index (χ2n) is 6.50. The normalized spacial score (nSPS) is 14.4. The summed E-state index contributed by atoms with van der Waals surface area (Å²) in [6.07, 6.45) is 2.70. The van der Waals surface area contributed by atoms with Crippen LogP contribution >= 0.6 is 0 Å². The molecule has 3 aromatic heterocycles. The van der Waals surface area contributed by atoms with Crippen molar-refractivity contribution in [3.63, 3.8) is 0 Å². The number of methoxy groups -OCH3 is 1. The minimum Gasteiger partial charge on any atom is -0.481 e. The molecule has 0 radical (unpaired) electrons. The lowest BCUT2D eigenvalue weighted by molar-refractivity contribution is 0.238. The minimum atomic E-state index is 0.604. The first-order valence-electron chi connectivity index (χ1n) is 8.91. The predicted octanol–water partition coefficient (Wildman–Crippen LogP) is 2.83. The topological polar surface area (TPSA) is 69.2 Å². The molecule has 0 unspecified atom stereocenters. The third kappa shape index (κ3) is 3.10. The van der Waals surface area contributed by atoms with E-state index in [1.165, 1.54) is 11.3 Å². The van der Waals surface area contributed by atoms with E-state index >= 15 is 0 Å². The Kier molecular flexibility index (Phi) is 4.46. The average molecular weight is 353 g/mol. The van der Waals surface area contributed by atoms with Crippen molar-refractivity contribution in [2.75, 3.05) is 13.7 Å². The molecule has 136 valence electrons. The molecule has 0 saturated heterocycles. The highest BCUT2D eigenvalue weighted by Gasteiger charge is 2.27. The van der Waals surface area contributed by atoms with Crippen molar-refractivity contribution in [3.8, 4) is 17.5 Å². The van der Waals surface area contributed by atoms with E-state index in [1.807, 2.05) is 25.1 Å². The van der Waals surface area contributed by atoms with Gasteiger partial charge in [-0.1, -0.05) is 6.07 Å². The molecule has 0 N–H and O–H groups in total. The summed E-state index contributed by atoms with van der Waals surface area (Å²) >= 11 is 0. The van der Waals surface area contributed by atoms with Gasteiger partial charge in [0.05, 0.1) is 19.0 Å². The maximum atomic E-state index is 5.74. The van der Waals surface area contributed by atoms with Crippen LogP contribution in [0.3, 0.4) is 0 Å². The van der Waals surface area contributed by atoms with E-state index in [2.05, 4.69) is 26.5 Å². The van der Waals surface area contributed by atoms with Gasteiger partial charge in [0.1, 0.15) is 5.76 Å². The minimum absolute atomic E-state index is 0.604. The third-order valence-corrected chi connectivity index (χ3v) is 4.71. The van der Waals surface area contributed by atoms with Crippen LogP contribution in [0.5, 0.6) is 5.88 Å². The number of nitrogens with zero attached hydrogens (tertiary/aromatic N) is 5. The molecule has 0 fully saturated rings. The summed E-state index contributed by atoms with van der Waals surface area (Å²) in [6.45, 7) is 7.43. The van der Waals surface area contributed by atoms with E-state index in [9.17, 15) is 0 Å². The molecular formula is C19H23N5O2. The zero-order valence-corrected chi connectivity index (χ0v) is 15.4. The van der Waals surface area contributed by atoms with E-state index < -0.39 is 0 Å². The summed E-state index contributed by atoms with van der Waals surface area (Å²) in [5.41, 5.74) is 4.36. The highest BCUT2D eigenvalue weighted by molar-refractivity contribution is 5.55. The summed E-state index contributed by atoms with van der Waals surface area (Å²) in [5.74, 6) is 2.05. The van der Waals surface area contributed by atoms with Gasteiger partial charge in [-0.15, -0.1) is 0 Å². The van der Waals surface area contributed by atoms with Gasteiger partial charge < -0.3 is 9.15 Å². The molecule has 1 aliphatic heterocycles. The molecule has 0 atom stereocenters. The van der Waals surface area contributed by atoms with Crippen LogP contribution in [0.15, 0.2) is 28.8 Å². The second-order valence-corrected chi connectivity index (χ2v) is 6.50. The number of ether oxygens (including phenoxy) is 1. The largest absolute Gasteiger partial charge is 0.481 e. The molecule has 0 spiro atoms. The number of aryl methyl sites for hydroxylation is 2. The van der Waals surface area contributed by atoms with Gasteiger partial charge in [-0.3, -0.25) is 9.58 Å². The molecule has 0 amide bonds. The lowest BCUT2D eigenvalue weighted by Gasteiger charge is -2.27. The molecule has 3 aromatic rings. The number of aromatic nitrogens is 4. The Balaban J connectivity index is 1.62. The zero-order chi connectivity index (χ0) is 18.1. The van der Waals surface area contributed by atoms with Gasteiger partial charge in [0, 0.05) is 49.9 Å². The molecule has 0 bridgehead atoms. The molecule has 4 rings (SSSR count). The molecular weight excluding hydrogens is 330 g/mol. The molecule has 0 aromatic carbocycles. The van der Waals surface area contributed by atoms with Crippen LogP contribution in [0, 0.1) is 6.92 Å². The second kappa shape index (κ2) is 6.92. The monoisotopic (exact) mass is 353 g/mol.